The molecule has 0 saturated carbocycles. The molecule has 7 heteroatoms. The van der Waals surface area contributed by atoms with E-state index in [1.54, 1.807) is 18.2 Å². The fraction of sp³-hybridized carbons (Fsp3) is 0.300. The van der Waals surface area contributed by atoms with Gasteiger partial charge in [-0.2, -0.15) is 0 Å². The van der Waals surface area contributed by atoms with Crippen LogP contribution in [0, 0.1) is 5.41 Å². The highest BCUT2D eigenvalue weighted by Crippen LogP contribution is 2.32. The van der Waals surface area contributed by atoms with Gasteiger partial charge in [0.2, 0.25) is 5.91 Å². The Morgan fingerprint density at radius 1 is 1.07 bits per heavy atom. The summed E-state index contributed by atoms with van der Waals surface area (Å²) in [5.41, 5.74) is 1.31. The third-order valence-electron chi connectivity index (χ3n) is 4.35. The fourth-order valence-corrected chi connectivity index (χ4v) is 4.31. The third-order valence-corrected chi connectivity index (χ3v) is 5.74. The van der Waals surface area contributed by atoms with Crippen LogP contribution < -0.4 is 10.0 Å². The van der Waals surface area contributed by atoms with Crippen LogP contribution in [0.3, 0.4) is 0 Å². The predicted molar refractivity (Wildman–Crippen MR) is 105 cm³/mol. The van der Waals surface area contributed by atoms with Gasteiger partial charge in [-0.1, -0.05) is 63.2 Å². The van der Waals surface area contributed by atoms with Crippen LogP contribution in [-0.4, -0.2) is 26.7 Å². The van der Waals surface area contributed by atoms with E-state index < -0.39 is 10.0 Å². The van der Waals surface area contributed by atoms with Crippen molar-refractivity contribution in [3.8, 4) is 0 Å². The van der Waals surface area contributed by atoms with Gasteiger partial charge in [-0.05, 0) is 23.1 Å². The molecule has 1 atom stereocenters. The van der Waals surface area contributed by atoms with E-state index >= 15 is 0 Å². The number of nitrogens with zero attached hydrogens (tertiary/aromatic N) is 1. The summed E-state index contributed by atoms with van der Waals surface area (Å²) in [6.45, 7) is 6.00. The lowest BCUT2D eigenvalue weighted by molar-refractivity contribution is -0.121. The van der Waals surface area contributed by atoms with Crippen LogP contribution in [0.4, 0.5) is 0 Å². The van der Waals surface area contributed by atoms with Gasteiger partial charge in [0.25, 0.3) is 10.0 Å². The lowest BCUT2D eigenvalue weighted by Crippen LogP contribution is -2.38. The number of hydrogen-bond donors (Lipinski definition) is 2. The monoisotopic (exact) mass is 385 g/mol. The van der Waals surface area contributed by atoms with Crippen LogP contribution in [0.5, 0.6) is 0 Å². The van der Waals surface area contributed by atoms with Gasteiger partial charge in [-0.3, -0.25) is 14.5 Å². The van der Waals surface area contributed by atoms with E-state index in [2.05, 4.69) is 35.8 Å². The maximum absolute atomic E-state index is 12.5. The molecule has 2 aromatic rings. The standard InChI is InChI=1S/C20H23N3O3S/c1-20(2,3)18(14-9-5-4-6-10-14)22-17(24)13-21-19-15-11-7-8-12-16(15)27(25,26)23-19/h4-12,18H,13H2,1-3H3,(H,21,23)(H,22,24). The normalized spacial score (nSPS) is 17.8. The topological polar surface area (TPSA) is 87.6 Å². The third kappa shape index (κ3) is 4.19. The molecule has 0 aromatic heterocycles. The summed E-state index contributed by atoms with van der Waals surface area (Å²) in [5, 5.41) is 3.02. The number of hydrogen-bond acceptors (Lipinski definition) is 4. The van der Waals surface area contributed by atoms with Crippen molar-refractivity contribution >= 4 is 21.8 Å². The maximum Gasteiger partial charge on any atom is 0.263 e. The molecule has 142 valence electrons. The average Bonchev–Trinajstić information content (AvgIpc) is 2.89. The minimum atomic E-state index is -3.60. The van der Waals surface area contributed by atoms with Gasteiger partial charge in [0.15, 0.2) is 0 Å². The van der Waals surface area contributed by atoms with Crippen molar-refractivity contribution in [2.75, 3.05) is 6.54 Å². The molecule has 0 bridgehead atoms. The lowest BCUT2D eigenvalue weighted by Gasteiger charge is -2.31. The number of sulfonamides is 1. The molecule has 27 heavy (non-hydrogen) atoms. The Labute approximate surface area is 159 Å². The molecular formula is C20H23N3O3S. The minimum absolute atomic E-state index is 0.161. The first-order valence-electron chi connectivity index (χ1n) is 8.69. The van der Waals surface area contributed by atoms with E-state index in [0.717, 1.165) is 5.56 Å². The summed E-state index contributed by atoms with van der Waals surface area (Å²) in [5.74, 6) is -0.0670. The zero-order valence-electron chi connectivity index (χ0n) is 15.6. The summed E-state index contributed by atoms with van der Waals surface area (Å²) in [6, 6.07) is 16.2. The maximum atomic E-state index is 12.5. The number of amides is 1. The molecule has 0 saturated heterocycles. The molecule has 1 aliphatic rings. The van der Waals surface area contributed by atoms with Gasteiger partial charge in [0.05, 0.1) is 10.9 Å². The SMILES string of the molecule is CC(C)(C)C(NC(=O)CN=C1NS(=O)(=O)c2ccccc21)c1ccccc1. The van der Waals surface area contributed by atoms with Crippen molar-refractivity contribution in [2.24, 2.45) is 10.4 Å². The lowest BCUT2D eigenvalue weighted by atomic mass is 9.82. The van der Waals surface area contributed by atoms with E-state index in [9.17, 15) is 13.2 Å². The van der Waals surface area contributed by atoms with E-state index in [0.29, 0.717) is 5.56 Å². The second-order valence-corrected chi connectivity index (χ2v) is 9.19. The van der Waals surface area contributed by atoms with Crippen molar-refractivity contribution in [3.05, 3.63) is 65.7 Å². The van der Waals surface area contributed by atoms with Crippen LogP contribution in [0.15, 0.2) is 64.5 Å². The quantitative estimate of drug-likeness (QED) is 0.848. The first-order valence-corrected chi connectivity index (χ1v) is 10.2. The van der Waals surface area contributed by atoms with Crippen molar-refractivity contribution in [3.63, 3.8) is 0 Å². The van der Waals surface area contributed by atoms with Crippen LogP contribution in [-0.2, 0) is 14.8 Å². The van der Waals surface area contributed by atoms with Crippen molar-refractivity contribution in [2.45, 2.75) is 31.7 Å². The number of benzene rings is 2. The summed E-state index contributed by atoms with van der Waals surface area (Å²) < 4.78 is 26.6. The van der Waals surface area contributed by atoms with Gasteiger partial charge in [0.1, 0.15) is 12.4 Å². The molecule has 6 nitrogen and oxygen atoms in total. The Balaban J connectivity index is 1.77. The van der Waals surface area contributed by atoms with Crippen LogP contribution in [0.25, 0.3) is 0 Å². The summed E-state index contributed by atoms with van der Waals surface area (Å²) >= 11 is 0. The highest BCUT2D eigenvalue weighted by atomic mass is 32.2. The van der Waals surface area contributed by atoms with Crippen LogP contribution in [0.1, 0.15) is 37.9 Å². The van der Waals surface area contributed by atoms with E-state index in [4.69, 9.17) is 0 Å². The highest BCUT2D eigenvalue weighted by Gasteiger charge is 2.31. The van der Waals surface area contributed by atoms with Crippen LogP contribution >= 0.6 is 0 Å². The van der Waals surface area contributed by atoms with Gasteiger partial charge in [-0.25, -0.2) is 8.42 Å². The Morgan fingerprint density at radius 2 is 1.70 bits per heavy atom. The highest BCUT2D eigenvalue weighted by molar-refractivity contribution is 7.90. The fourth-order valence-electron chi connectivity index (χ4n) is 3.05. The van der Waals surface area contributed by atoms with E-state index in [-0.39, 0.29) is 34.6 Å². The number of amidine groups is 1. The molecule has 0 fully saturated rings. The predicted octanol–water partition coefficient (Wildman–Crippen LogP) is 2.63. The van der Waals surface area contributed by atoms with Crippen molar-refractivity contribution < 1.29 is 13.2 Å². The van der Waals surface area contributed by atoms with Crippen molar-refractivity contribution in [1.82, 2.24) is 10.0 Å². The average molecular weight is 385 g/mol. The molecule has 2 aromatic carbocycles. The van der Waals surface area contributed by atoms with Crippen molar-refractivity contribution in [1.29, 1.82) is 0 Å². The Kier molecular flexibility index (Phi) is 5.06. The molecule has 1 amide bonds. The Hall–Kier alpha value is -2.67. The summed E-state index contributed by atoms with van der Waals surface area (Å²) in [4.78, 5) is 16.9. The number of carbonyl (C=O) groups excluding carboxylic acids is 1. The minimum Gasteiger partial charge on any atom is -0.347 e. The Bertz CT molecular complexity index is 977. The molecule has 1 heterocycles. The zero-order valence-corrected chi connectivity index (χ0v) is 16.4. The molecule has 3 rings (SSSR count). The second kappa shape index (κ2) is 7.15. The van der Waals surface area contributed by atoms with Crippen LogP contribution in [0.2, 0.25) is 0 Å². The van der Waals surface area contributed by atoms with Gasteiger partial charge >= 0.3 is 0 Å². The number of carbonyl (C=O) groups is 1. The number of nitrogens with one attached hydrogen (secondary N) is 2. The van der Waals surface area contributed by atoms with E-state index in [1.807, 2.05) is 30.3 Å². The number of rotatable bonds is 4. The number of aliphatic imine (C=N–C) groups is 1. The molecular weight excluding hydrogens is 362 g/mol. The summed E-state index contributed by atoms with van der Waals surface area (Å²) in [6.07, 6.45) is 0. The second-order valence-electron chi connectivity index (χ2n) is 7.54. The molecule has 2 N–H and O–H groups in total. The smallest absolute Gasteiger partial charge is 0.263 e. The molecule has 1 unspecified atom stereocenters. The first-order chi connectivity index (χ1) is 12.7. The number of fused-ring (bicyclic) bond motifs is 1. The van der Waals surface area contributed by atoms with Gasteiger partial charge < -0.3 is 5.32 Å². The zero-order chi connectivity index (χ0) is 19.7. The van der Waals surface area contributed by atoms with Gasteiger partial charge in [-0.15, -0.1) is 0 Å². The Morgan fingerprint density at radius 3 is 2.37 bits per heavy atom. The molecule has 0 radical (unpaired) electrons. The largest absolute Gasteiger partial charge is 0.347 e. The van der Waals surface area contributed by atoms with Gasteiger partial charge in [0, 0.05) is 5.56 Å². The molecule has 1 aliphatic heterocycles. The summed E-state index contributed by atoms with van der Waals surface area (Å²) in [7, 11) is -3.60. The molecule has 0 aliphatic carbocycles. The molecule has 0 spiro atoms. The first kappa shape index (κ1) is 19.1. The van der Waals surface area contributed by atoms with E-state index in [1.165, 1.54) is 6.07 Å².